The molecule has 0 radical (unpaired) electrons. The molecule has 0 saturated carbocycles. The fourth-order valence-electron chi connectivity index (χ4n) is 4.23. The van der Waals surface area contributed by atoms with Crippen LogP contribution in [-0.4, -0.2) is 51.7 Å². The zero-order chi connectivity index (χ0) is 19.5. The topological polar surface area (TPSA) is 76.4 Å². The number of ether oxygens (including phenoxy) is 1. The number of fused-ring (bicyclic) bond motifs is 5. The molecule has 8 nitrogen and oxygen atoms in total. The zero-order valence-electron chi connectivity index (χ0n) is 14.8. The van der Waals surface area contributed by atoms with E-state index >= 15 is 0 Å². The lowest BCUT2D eigenvalue weighted by molar-refractivity contribution is -0.153. The third-order valence-electron chi connectivity index (χ3n) is 5.58. The molecule has 3 aliphatic rings. The first kappa shape index (κ1) is 17.4. The first-order valence-electron chi connectivity index (χ1n) is 9.02. The third-order valence-corrected chi connectivity index (χ3v) is 5.58. The van der Waals surface area contributed by atoms with Gasteiger partial charge in [0, 0.05) is 31.3 Å². The van der Waals surface area contributed by atoms with Gasteiger partial charge in [0.15, 0.2) is 0 Å². The van der Waals surface area contributed by atoms with Gasteiger partial charge in [-0.2, -0.15) is 28.4 Å². The highest BCUT2D eigenvalue weighted by Gasteiger charge is 2.47. The lowest BCUT2D eigenvalue weighted by Gasteiger charge is -2.39. The predicted octanol–water partition coefficient (Wildman–Crippen LogP) is 1.27. The number of hydrogen-bond acceptors (Lipinski definition) is 7. The molecule has 2 aromatic heterocycles. The summed E-state index contributed by atoms with van der Waals surface area (Å²) in [4.78, 5) is 20.3. The summed E-state index contributed by atoms with van der Waals surface area (Å²) in [5.74, 6) is 0.410. The minimum Gasteiger partial charge on any atom is -0.377 e. The average Bonchev–Trinajstić information content (AvgIpc) is 2.72. The van der Waals surface area contributed by atoms with Crippen molar-refractivity contribution in [2.24, 2.45) is 0 Å². The second-order valence-electron chi connectivity index (χ2n) is 7.13. The van der Waals surface area contributed by atoms with Gasteiger partial charge in [0.2, 0.25) is 5.95 Å². The smallest absolute Gasteiger partial charge is 0.377 e. The molecule has 2 bridgehead atoms. The van der Waals surface area contributed by atoms with Gasteiger partial charge in [-0.05, 0) is 12.0 Å². The minimum atomic E-state index is -4.44. The number of hydrogen-bond donors (Lipinski definition) is 0. The van der Waals surface area contributed by atoms with Crippen molar-refractivity contribution in [3.05, 3.63) is 39.9 Å². The summed E-state index contributed by atoms with van der Waals surface area (Å²) in [6.07, 6.45) is -1.60. The van der Waals surface area contributed by atoms with Gasteiger partial charge >= 0.3 is 6.18 Å². The van der Waals surface area contributed by atoms with Gasteiger partial charge in [-0.1, -0.05) is 0 Å². The van der Waals surface area contributed by atoms with Crippen LogP contribution in [0.15, 0.2) is 23.3 Å². The number of anilines is 2. The molecule has 0 aliphatic carbocycles. The molecule has 0 spiro atoms. The Morgan fingerprint density at radius 3 is 2.79 bits per heavy atom. The summed E-state index contributed by atoms with van der Waals surface area (Å²) in [6.45, 7) is 1.18. The molecule has 1 saturated heterocycles. The summed E-state index contributed by atoms with van der Waals surface area (Å²) < 4.78 is 48.3. The summed E-state index contributed by atoms with van der Waals surface area (Å²) in [7, 11) is 0. The second-order valence-corrected chi connectivity index (χ2v) is 7.13. The molecule has 0 unspecified atom stereocenters. The molecule has 148 valence electrons. The molecule has 2 atom stereocenters. The van der Waals surface area contributed by atoms with Crippen molar-refractivity contribution < 1.29 is 17.9 Å². The molecule has 11 heteroatoms. The van der Waals surface area contributed by atoms with Gasteiger partial charge in [0.1, 0.15) is 11.9 Å². The number of halogens is 3. The summed E-state index contributed by atoms with van der Waals surface area (Å²) in [6, 6.07) is -0.616. The van der Waals surface area contributed by atoms with Crippen LogP contribution >= 0.6 is 0 Å². The number of alkyl halides is 3. The van der Waals surface area contributed by atoms with Crippen LogP contribution in [-0.2, 0) is 17.8 Å². The Labute approximate surface area is 157 Å². The largest absolute Gasteiger partial charge is 0.408 e. The van der Waals surface area contributed by atoms with E-state index in [-0.39, 0.29) is 37.1 Å². The van der Waals surface area contributed by atoms with Crippen LogP contribution in [0.25, 0.3) is 0 Å². The fourth-order valence-corrected chi connectivity index (χ4v) is 4.23. The van der Waals surface area contributed by atoms with Gasteiger partial charge in [0.05, 0.1) is 31.6 Å². The van der Waals surface area contributed by atoms with Gasteiger partial charge < -0.3 is 14.5 Å². The minimum absolute atomic E-state index is 0.0177. The van der Waals surface area contributed by atoms with Crippen molar-refractivity contribution in [1.82, 2.24) is 19.7 Å². The lowest BCUT2D eigenvalue weighted by atomic mass is 10.0. The first-order chi connectivity index (χ1) is 13.4. The Balaban J connectivity index is 1.76. The van der Waals surface area contributed by atoms with Crippen LogP contribution in [0, 0.1) is 0 Å². The molecular formula is C17H17F3N6O2. The molecular weight excluding hydrogens is 377 g/mol. The van der Waals surface area contributed by atoms with Crippen molar-refractivity contribution in [1.29, 1.82) is 0 Å². The molecule has 3 aliphatic heterocycles. The molecule has 5 rings (SSSR count). The number of rotatable bonds is 0. The molecule has 1 fully saturated rings. The van der Waals surface area contributed by atoms with Crippen molar-refractivity contribution in [2.75, 3.05) is 29.6 Å². The second kappa shape index (κ2) is 6.16. The SMILES string of the molecule is O=c1cc2nc3n1CC[C@@H](C(F)(F)F)N3Cc1cnncc1[C@@H]1COCCN21. The normalized spacial score (nSPS) is 24.0. The quantitative estimate of drug-likeness (QED) is 0.666. The number of nitrogens with zero attached hydrogens (tertiary/aromatic N) is 6. The monoisotopic (exact) mass is 394 g/mol. The van der Waals surface area contributed by atoms with Gasteiger partial charge in [-0.25, -0.2) is 0 Å². The van der Waals surface area contributed by atoms with E-state index in [1.54, 1.807) is 6.20 Å². The van der Waals surface area contributed by atoms with Crippen LogP contribution in [0.3, 0.4) is 0 Å². The highest BCUT2D eigenvalue weighted by atomic mass is 19.4. The maximum Gasteiger partial charge on any atom is 0.408 e. The van der Waals surface area contributed by atoms with Crippen molar-refractivity contribution in [2.45, 2.75) is 37.8 Å². The van der Waals surface area contributed by atoms with E-state index in [1.807, 2.05) is 4.90 Å². The standard InChI is InChI=1S/C17H17F3N6O2/c18-17(19,20)13-1-2-25-15(27)5-14-23-16(25)26(13)8-10-6-21-22-7-11(10)12-9-28-4-3-24(12)14/h5-7,12-13H,1-4,8-9H2/t12-,13-/m0/s1. The highest BCUT2D eigenvalue weighted by Crippen LogP contribution is 2.39. The van der Waals surface area contributed by atoms with E-state index in [4.69, 9.17) is 4.74 Å². The summed E-state index contributed by atoms with van der Waals surface area (Å²) in [5, 5.41) is 7.81. The van der Waals surface area contributed by atoms with E-state index < -0.39 is 12.2 Å². The maximum absolute atomic E-state index is 13.8. The first-order valence-corrected chi connectivity index (χ1v) is 9.02. The van der Waals surface area contributed by atoms with Gasteiger partial charge in [-0.15, -0.1) is 0 Å². The molecule has 0 amide bonds. The van der Waals surface area contributed by atoms with Crippen molar-refractivity contribution in [3.63, 3.8) is 0 Å². The molecule has 2 aromatic rings. The van der Waals surface area contributed by atoms with Crippen molar-refractivity contribution in [3.8, 4) is 0 Å². The van der Waals surface area contributed by atoms with E-state index in [2.05, 4.69) is 15.2 Å². The highest BCUT2D eigenvalue weighted by molar-refractivity contribution is 5.51. The molecule has 28 heavy (non-hydrogen) atoms. The van der Waals surface area contributed by atoms with E-state index in [0.29, 0.717) is 31.1 Å². The van der Waals surface area contributed by atoms with E-state index in [9.17, 15) is 18.0 Å². The number of morpholine rings is 1. The molecule has 0 aromatic carbocycles. The Morgan fingerprint density at radius 1 is 1.14 bits per heavy atom. The Morgan fingerprint density at radius 2 is 1.96 bits per heavy atom. The average molecular weight is 394 g/mol. The van der Waals surface area contributed by atoms with Crippen LogP contribution in [0.5, 0.6) is 0 Å². The number of aromatic nitrogens is 4. The summed E-state index contributed by atoms with van der Waals surface area (Å²) >= 11 is 0. The van der Waals surface area contributed by atoms with Crippen LogP contribution in [0.2, 0.25) is 0 Å². The summed E-state index contributed by atoms with van der Waals surface area (Å²) in [5.41, 5.74) is 1.01. The third kappa shape index (κ3) is 2.64. The van der Waals surface area contributed by atoms with Gasteiger partial charge in [0.25, 0.3) is 5.56 Å². The van der Waals surface area contributed by atoms with Crippen molar-refractivity contribution >= 4 is 11.8 Å². The van der Waals surface area contributed by atoms with Crippen LogP contribution in [0.1, 0.15) is 23.6 Å². The lowest BCUT2D eigenvalue weighted by Crippen LogP contribution is -2.52. The van der Waals surface area contributed by atoms with Crippen LogP contribution < -0.4 is 15.4 Å². The fraction of sp³-hybridized carbons (Fsp3) is 0.529. The Bertz CT molecular complexity index is 978. The molecule has 0 N–H and O–H groups in total. The van der Waals surface area contributed by atoms with E-state index in [1.165, 1.54) is 21.7 Å². The van der Waals surface area contributed by atoms with Gasteiger partial charge in [-0.3, -0.25) is 9.36 Å². The zero-order valence-corrected chi connectivity index (χ0v) is 14.8. The predicted molar refractivity (Wildman–Crippen MR) is 92.1 cm³/mol. The molecule has 5 heterocycles. The van der Waals surface area contributed by atoms with E-state index in [0.717, 1.165) is 5.56 Å². The maximum atomic E-state index is 13.8. The van der Waals surface area contributed by atoms with Crippen LogP contribution in [0.4, 0.5) is 24.9 Å². The Kier molecular flexibility index (Phi) is 3.83. The Hall–Kier alpha value is -2.69.